The van der Waals surface area contributed by atoms with Crippen LogP contribution in [0.2, 0.25) is 0 Å². The van der Waals surface area contributed by atoms with Crippen molar-refractivity contribution in [1.82, 2.24) is 5.32 Å². The molecule has 0 radical (unpaired) electrons. The molecule has 0 saturated carbocycles. The minimum atomic E-state index is -4.65. The van der Waals surface area contributed by atoms with Gasteiger partial charge in [0.2, 0.25) is 5.54 Å². The van der Waals surface area contributed by atoms with E-state index in [1.54, 1.807) is 12.1 Å². The van der Waals surface area contributed by atoms with Crippen LogP contribution in [0.25, 0.3) is 0 Å². The van der Waals surface area contributed by atoms with Crippen molar-refractivity contribution in [1.29, 1.82) is 0 Å². The molecule has 1 aliphatic heterocycles. The summed E-state index contributed by atoms with van der Waals surface area (Å²) < 4.78 is 64.5. The Kier molecular flexibility index (Phi) is 6.29. The van der Waals surface area contributed by atoms with Crippen LogP contribution < -0.4 is 14.8 Å². The van der Waals surface area contributed by atoms with E-state index in [0.29, 0.717) is 5.75 Å². The van der Waals surface area contributed by atoms with E-state index >= 15 is 13.2 Å². The van der Waals surface area contributed by atoms with Gasteiger partial charge < -0.3 is 14.2 Å². The molecule has 1 aliphatic rings. The van der Waals surface area contributed by atoms with Crippen molar-refractivity contribution in [3.05, 3.63) is 96.1 Å². The third-order valence-corrected chi connectivity index (χ3v) is 6.08. The quantitative estimate of drug-likeness (QED) is 0.413. The second-order valence-electron chi connectivity index (χ2n) is 7.95. The number of para-hydroxylation sites is 1. The molecule has 3 aromatic carbocycles. The van der Waals surface area contributed by atoms with Crippen LogP contribution in [0.1, 0.15) is 17.2 Å². The number of methoxy groups -OCH3 is 2. The normalized spacial score (nSPS) is 25.0. The average Bonchev–Trinajstić information content (AvgIpc) is 3.09. The minimum absolute atomic E-state index is 0.0281. The molecule has 6 nitrogen and oxygen atoms in total. The van der Waals surface area contributed by atoms with Crippen LogP contribution in [-0.4, -0.2) is 37.7 Å². The molecule has 9 heteroatoms. The van der Waals surface area contributed by atoms with Crippen molar-refractivity contribution in [2.75, 3.05) is 14.2 Å². The number of ether oxygens (including phenoxy) is 3. The fourth-order valence-corrected chi connectivity index (χ4v) is 4.30. The monoisotopic (exact) mass is 485 g/mol. The van der Waals surface area contributed by atoms with Crippen molar-refractivity contribution >= 4 is 11.9 Å². The van der Waals surface area contributed by atoms with E-state index in [1.165, 1.54) is 79.9 Å². The number of carbonyl (C=O) groups is 2. The predicted octanol–water partition coefficient (Wildman–Crippen LogP) is 4.36. The van der Waals surface area contributed by atoms with Crippen molar-refractivity contribution in [3.8, 4) is 11.5 Å². The summed E-state index contributed by atoms with van der Waals surface area (Å²) in [6, 6.07) is 17.7. The number of nitrogens with one attached hydrogen (secondary N) is 1. The third kappa shape index (κ3) is 3.63. The van der Waals surface area contributed by atoms with Gasteiger partial charge in [-0.3, -0.25) is 5.32 Å². The highest BCUT2D eigenvalue weighted by Gasteiger charge is 2.84. The molecule has 1 heterocycles. The third-order valence-electron chi connectivity index (χ3n) is 6.08. The van der Waals surface area contributed by atoms with Gasteiger partial charge >= 0.3 is 17.9 Å². The van der Waals surface area contributed by atoms with Gasteiger partial charge in [-0.05, 0) is 35.4 Å². The first-order valence-electron chi connectivity index (χ1n) is 10.6. The number of rotatable bonds is 6. The van der Waals surface area contributed by atoms with Crippen LogP contribution in [0, 0.1) is 0 Å². The smallest absolute Gasteiger partial charge is 0.357 e. The van der Waals surface area contributed by atoms with Crippen molar-refractivity contribution in [2.24, 2.45) is 0 Å². The lowest BCUT2D eigenvalue weighted by molar-refractivity contribution is -0.197. The standard InChI is InChI=1S/C26H22F3NO5/c1-33-19-15-13-17(14-16-19)21-24(27,22(31)35-20-11-7-4-8-12-20)26(28,29)25(30-21,23(32)34-2)18-9-5-3-6-10-18/h3-16,21,30H,1-2H3/t21-,24+,25+/m1/s1. The molecule has 1 N–H and O–H groups in total. The Labute approximate surface area is 199 Å². The maximum atomic E-state index is 16.9. The number of hydrogen-bond donors (Lipinski definition) is 1. The first-order chi connectivity index (χ1) is 16.7. The van der Waals surface area contributed by atoms with Crippen molar-refractivity contribution < 1.29 is 37.0 Å². The Morgan fingerprint density at radius 2 is 1.34 bits per heavy atom. The van der Waals surface area contributed by atoms with Gasteiger partial charge in [0.25, 0.3) is 5.67 Å². The summed E-state index contributed by atoms with van der Waals surface area (Å²) in [5.41, 5.74) is -7.35. The molecule has 0 aliphatic carbocycles. The molecule has 35 heavy (non-hydrogen) atoms. The molecule has 0 bridgehead atoms. The van der Waals surface area contributed by atoms with E-state index < -0.39 is 35.1 Å². The molecule has 4 rings (SSSR count). The van der Waals surface area contributed by atoms with E-state index in [0.717, 1.165) is 7.11 Å². The van der Waals surface area contributed by atoms with Crippen LogP contribution in [0.3, 0.4) is 0 Å². The zero-order chi connectivity index (χ0) is 25.3. The lowest BCUT2D eigenvalue weighted by Crippen LogP contribution is -2.62. The van der Waals surface area contributed by atoms with Gasteiger partial charge in [-0.1, -0.05) is 60.7 Å². The topological polar surface area (TPSA) is 73.9 Å². The molecular formula is C26H22F3NO5. The second kappa shape index (κ2) is 9.07. The molecule has 1 saturated heterocycles. The van der Waals surface area contributed by atoms with Crippen LogP contribution in [0.15, 0.2) is 84.9 Å². The number of esters is 2. The SMILES string of the molecule is COC(=O)[C@]1(c2ccccc2)N[C@H](c2ccc(OC)cc2)[C@](F)(C(=O)Oc2ccccc2)C1(F)F. The van der Waals surface area contributed by atoms with Crippen molar-refractivity contribution in [2.45, 2.75) is 23.2 Å². The molecule has 0 spiro atoms. The van der Waals surface area contributed by atoms with Gasteiger partial charge in [0.05, 0.1) is 20.3 Å². The Balaban J connectivity index is 1.93. The first kappa shape index (κ1) is 24.3. The van der Waals surface area contributed by atoms with E-state index in [-0.39, 0.29) is 16.9 Å². The van der Waals surface area contributed by atoms with Gasteiger partial charge in [-0.2, -0.15) is 8.78 Å². The van der Waals surface area contributed by atoms with Crippen LogP contribution in [0.5, 0.6) is 11.5 Å². The maximum absolute atomic E-state index is 16.9. The molecule has 0 unspecified atom stereocenters. The Bertz CT molecular complexity index is 1210. The second-order valence-corrected chi connectivity index (χ2v) is 7.95. The number of benzene rings is 3. The maximum Gasteiger partial charge on any atom is 0.357 e. The zero-order valence-corrected chi connectivity index (χ0v) is 18.8. The predicted molar refractivity (Wildman–Crippen MR) is 120 cm³/mol. The highest BCUT2D eigenvalue weighted by Crippen LogP contribution is 2.59. The lowest BCUT2D eigenvalue weighted by atomic mass is 9.78. The van der Waals surface area contributed by atoms with Gasteiger partial charge in [0.1, 0.15) is 11.5 Å². The number of alkyl halides is 3. The molecule has 1 fully saturated rings. The molecule has 182 valence electrons. The molecular weight excluding hydrogens is 463 g/mol. The fourth-order valence-electron chi connectivity index (χ4n) is 4.30. The number of hydrogen-bond acceptors (Lipinski definition) is 6. The van der Waals surface area contributed by atoms with Gasteiger partial charge in [0, 0.05) is 0 Å². The summed E-state index contributed by atoms with van der Waals surface area (Å²) in [7, 11) is 2.32. The average molecular weight is 485 g/mol. The van der Waals surface area contributed by atoms with Gasteiger partial charge in [0.15, 0.2) is 0 Å². The van der Waals surface area contributed by atoms with Gasteiger partial charge in [-0.25, -0.2) is 14.0 Å². The summed E-state index contributed by atoms with van der Waals surface area (Å²) in [5, 5.41) is 2.43. The summed E-state index contributed by atoms with van der Waals surface area (Å²) in [6.45, 7) is 0. The fraction of sp³-hybridized carbons (Fsp3) is 0.231. The Morgan fingerprint density at radius 3 is 1.89 bits per heavy atom. The van der Waals surface area contributed by atoms with E-state index in [1.807, 2.05) is 0 Å². The molecule has 3 aromatic rings. The van der Waals surface area contributed by atoms with Gasteiger partial charge in [-0.15, -0.1) is 0 Å². The van der Waals surface area contributed by atoms with Crippen LogP contribution in [-0.2, 0) is 19.9 Å². The van der Waals surface area contributed by atoms with E-state index in [9.17, 15) is 9.59 Å². The molecule has 3 atom stereocenters. The zero-order valence-electron chi connectivity index (χ0n) is 18.8. The first-order valence-corrected chi connectivity index (χ1v) is 10.6. The van der Waals surface area contributed by atoms with E-state index in [4.69, 9.17) is 14.2 Å². The summed E-state index contributed by atoms with van der Waals surface area (Å²) in [5.74, 6) is -7.71. The lowest BCUT2D eigenvalue weighted by Gasteiger charge is -2.35. The summed E-state index contributed by atoms with van der Waals surface area (Å²) in [4.78, 5) is 26.2. The highest BCUT2D eigenvalue weighted by molar-refractivity contribution is 5.92. The summed E-state index contributed by atoms with van der Waals surface area (Å²) in [6.07, 6.45) is 0. The minimum Gasteiger partial charge on any atom is -0.497 e. The summed E-state index contributed by atoms with van der Waals surface area (Å²) >= 11 is 0. The van der Waals surface area contributed by atoms with E-state index in [2.05, 4.69) is 5.32 Å². The molecule has 0 aromatic heterocycles. The highest BCUT2D eigenvalue weighted by atomic mass is 19.3. The van der Waals surface area contributed by atoms with Crippen molar-refractivity contribution in [3.63, 3.8) is 0 Å². The van der Waals surface area contributed by atoms with Crippen LogP contribution in [0.4, 0.5) is 13.2 Å². The largest absolute Gasteiger partial charge is 0.497 e. The Morgan fingerprint density at radius 1 is 0.771 bits per heavy atom. The number of carbonyl (C=O) groups excluding carboxylic acids is 2. The number of halogens is 3. The van der Waals surface area contributed by atoms with Crippen LogP contribution >= 0.6 is 0 Å². The Hall–Kier alpha value is -3.85. The molecule has 0 amide bonds.